The zero-order chi connectivity index (χ0) is 19.1. The topological polar surface area (TPSA) is 99.2 Å². The lowest BCUT2D eigenvalue weighted by atomic mass is 10.2. The van der Waals surface area contributed by atoms with Gasteiger partial charge in [0.15, 0.2) is 6.10 Å². The minimum atomic E-state index is -1.07. The van der Waals surface area contributed by atoms with Crippen LogP contribution in [-0.2, 0) is 14.4 Å². The van der Waals surface area contributed by atoms with Crippen molar-refractivity contribution in [3.8, 4) is 5.75 Å². The van der Waals surface area contributed by atoms with E-state index in [2.05, 4.69) is 5.32 Å². The van der Waals surface area contributed by atoms with E-state index < -0.39 is 12.1 Å². The summed E-state index contributed by atoms with van der Waals surface area (Å²) in [6.07, 6.45) is -0.582. The number of piperazine rings is 1. The van der Waals surface area contributed by atoms with E-state index in [9.17, 15) is 14.4 Å². The number of carbonyl (C=O) groups excluding carboxylic acids is 2. The van der Waals surface area contributed by atoms with E-state index in [4.69, 9.17) is 9.84 Å². The van der Waals surface area contributed by atoms with Crippen LogP contribution in [0.15, 0.2) is 24.3 Å². The minimum absolute atomic E-state index is 0.0803. The van der Waals surface area contributed by atoms with Crippen molar-refractivity contribution in [1.29, 1.82) is 0 Å². The van der Waals surface area contributed by atoms with Crippen molar-refractivity contribution in [3.63, 3.8) is 0 Å². The van der Waals surface area contributed by atoms with Crippen LogP contribution in [0.2, 0.25) is 0 Å². The summed E-state index contributed by atoms with van der Waals surface area (Å²) >= 11 is 0. The molecule has 0 bridgehead atoms. The Kier molecular flexibility index (Phi) is 6.97. The highest BCUT2D eigenvalue weighted by molar-refractivity contribution is 5.83. The molecule has 8 heteroatoms. The molecular formula is C18H25N3O5. The van der Waals surface area contributed by atoms with Gasteiger partial charge in [0.05, 0.1) is 6.54 Å². The first-order valence-electron chi connectivity index (χ1n) is 8.58. The Morgan fingerprint density at radius 2 is 1.85 bits per heavy atom. The van der Waals surface area contributed by atoms with Gasteiger partial charge in [0.25, 0.3) is 5.91 Å². The number of nitrogens with one attached hydrogen (secondary N) is 1. The third-order valence-corrected chi connectivity index (χ3v) is 4.23. The lowest BCUT2D eigenvalue weighted by Gasteiger charge is -2.35. The molecule has 26 heavy (non-hydrogen) atoms. The van der Waals surface area contributed by atoms with E-state index in [-0.39, 0.29) is 24.9 Å². The molecule has 0 radical (unpaired) electrons. The summed E-state index contributed by atoms with van der Waals surface area (Å²) in [6, 6.07) is 7.56. The van der Waals surface area contributed by atoms with Crippen LogP contribution in [0.1, 0.15) is 12.5 Å². The second-order valence-electron chi connectivity index (χ2n) is 6.30. The fourth-order valence-electron chi connectivity index (χ4n) is 2.75. The standard InChI is InChI=1S/C18H25N3O5/c1-13-5-3-4-6-15(13)26-14(2)18(25)21-9-7-20(8-10-21)12-16(22)19-11-17(23)24/h3-6,14H,7-12H2,1-2H3,(H,19,22)(H,23,24). The number of aryl methyl sites for hydroxylation is 1. The first-order chi connectivity index (χ1) is 12.4. The van der Waals surface area contributed by atoms with Crippen LogP contribution in [0.25, 0.3) is 0 Å². The number of hydrogen-bond acceptors (Lipinski definition) is 5. The summed E-state index contributed by atoms with van der Waals surface area (Å²) in [5.41, 5.74) is 0.976. The number of carboxylic acid groups (broad SMARTS) is 1. The molecule has 1 aromatic carbocycles. The monoisotopic (exact) mass is 363 g/mol. The van der Waals surface area contributed by atoms with E-state index in [1.807, 2.05) is 36.1 Å². The van der Waals surface area contributed by atoms with Gasteiger partial charge in [0, 0.05) is 26.2 Å². The third kappa shape index (κ3) is 5.73. The van der Waals surface area contributed by atoms with Crippen LogP contribution in [0.3, 0.4) is 0 Å². The smallest absolute Gasteiger partial charge is 0.322 e. The second kappa shape index (κ2) is 9.19. The van der Waals surface area contributed by atoms with Crippen molar-refractivity contribution in [1.82, 2.24) is 15.1 Å². The third-order valence-electron chi connectivity index (χ3n) is 4.23. The van der Waals surface area contributed by atoms with Crippen molar-refractivity contribution in [2.24, 2.45) is 0 Å². The number of ether oxygens (including phenoxy) is 1. The lowest BCUT2D eigenvalue weighted by Crippen LogP contribution is -2.53. The molecule has 0 spiro atoms. The number of para-hydroxylation sites is 1. The molecule has 2 rings (SSSR count). The average Bonchev–Trinajstić information content (AvgIpc) is 2.62. The fraction of sp³-hybridized carbons (Fsp3) is 0.500. The lowest BCUT2D eigenvalue weighted by molar-refractivity contribution is -0.140. The molecule has 1 saturated heterocycles. The molecule has 1 fully saturated rings. The maximum absolute atomic E-state index is 12.6. The molecule has 0 aromatic heterocycles. The zero-order valence-electron chi connectivity index (χ0n) is 15.1. The predicted octanol–water partition coefficient (Wildman–Crippen LogP) is 0.107. The van der Waals surface area contributed by atoms with Gasteiger partial charge in [-0.25, -0.2) is 0 Å². The van der Waals surface area contributed by atoms with Gasteiger partial charge >= 0.3 is 5.97 Å². The number of nitrogens with zero attached hydrogens (tertiary/aromatic N) is 2. The highest BCUT2D eigenvalue weighted by Crippen LogP contribution is 2.18. The molecule has 0 aliphatic carbocycles. The van der Waals surface area contributed by atoms with Gasteiger partial charge in [-0.1, -0.05) is 18.2 Å². The van der Waals surface area contributed by atoms with Gasteiger partial charge in [-0.15, -0.1) is 0 Å². The van der Waals surface area contributed by atoms with Gasteiger partial charge in [-0.3, -0.25) is 19.3 Å². The molecule has 1 unspecified atom stereocenters. The molecule has 2 amide bonds. The van der Waals surface area contributed by atoms with Crippen LogP contribution in [0.5, 0.6) is 5.75 Å². The molecule has 1 aromatic rings. The number of aliphatic carboxylic acids is 1. The largest absolute Gasteiger partial charge is 0.481 e. The van der Waals surface area contributed by atoms with E-state index in [0.29, 0.717) is 31.9 Å². The molecule has 1 atom stereocenters. The molecular weight excluding hydrogens is 338 g/mol. The number of benzene rings is 1. The Labute approximate surface area is 152 Å². The molecule has 1 heterocycles. The highest BCUT2D eigenvalue weighted by atomic mass is 16.5. The van der Waals surface area contributed by atoms with Gasteiger partial charge in [-0.05, 0) is 25.5 Å². The van der Waals surface area contributed by atoms with Crippen molar-refractivity contribution in [3.05, 3.63) is 29.8 Å². The first-order valence-corrected chi connectivity index (χ1v) is 8.58. The fourth-order valence-corrected chi connectivity index (χ4v) is 2.75. The summed E-state index contributed by atoms with van der Waals surface area (Å²) in [7, 11) is 0. The molecule has 8 nitrogen and oxygen atoms in total. The van der Waals surface area contributed by atoms with Crippen LogP contribution in [-0.4, -0.2) is 78.1 Å². The summed E-state index contributed by atoms with van der Waals surface area (Å²) < 4.78 is 5.78. The summed E-state index contributed by atoms with van der Waals surface area (Å²) in [4.78, 5) is 38.3. The van der Waals surface area contributed by atoms with Crippen molar-refractivity contribution >= 4 is 17.8 Å². The van der Waals surface area contributed by atoms with Crippen molar-refractivity contribution in [2.45, 2.75) is 20.0 Å². The number of rotatable bonds is 7. The maximum Gasteiger partial charge on any atom is 0.322 e. The minimum Gasteiger partial charge on any atom is -0.481 e. The molecule has 1 aliphatic heterocycles. The maximum atomic E-state index is 12.6. The summed E-state index contributed by atoms with van der Waals surface area (Å²) in [5, 5.41) is 10.9. The van der Waals surface area contributed by atoms with Crippen LogP contribution in [0, 0.1) is 6.92 Å². The molecule has 1 aliphatic rings. The van der Waals surface area contributed by atoms with Crippen LogP contribution >= 0.6 is 0 Å². The summed E-state index contributed by atoms with van der Waals surface area (Å²) in [6.45, 7) is 5.54. The highest BCUT2D eigenvalue weighted by Gasteiger charge is 2.27. The number of carbonyl (C=O) groups is 3. The Bertz CT molecular complexity index is 656. The van der Waals surface area contributed by atoms with E-state index in [1.54, 1.807) is 11.8 Å². The van der Waals surface area contributed by atoms with Gasteiger partial charge in [-0.2, -0.15) is 0 Å². The van der Waals surface area contributed by atoms with Crippen LogP contribution < -0.4 is 10.1 Å². The molecule has 2 N–H and O–H groups in total. The Balaban J connectivity index is 1.78. The van der Waals surface area contributed by atoms with Gasteiger partial charge in [0.2, 0.25) is 5.91 Å². The van der Waals surface area contributed by atoms with Crippen molar-refractivity contribution < 1.29 is 24.2 Å². The number of hydrogen-bond donors (Lipinski definition) is 2. The Morgan fingerprint density at radius 3 is 2.46 bits per heavy atom. The Hall–Kier alpha value is -2.61. The first kappa shape index (κ1) is 19.7. The van der Waals surface area contributed by atoms with Crippen molar-refractivity contribution in [2.75, 3.05) is 39.3 Å². The second-order valence-corrected chi connectivity index (χ2v) is 6.30. The molecule has 0 saturated carbocycles. The van der Waals surface area contributed by atoms with Crippen LogP contribution in [0.4, 0.5) is 0 Å². The van der Waals surface area contributed by atoms with E-state index >= 15 is 0 Å². The Morgan fingerprint density at radius 1 is 1.19 bits per heavy atom. The van der Waals surface area contributed by atoms with Gasteiger partial charge < -0.3 is 20.1 Å². The average molecular weight is 363 g/mol. The molecule has 142 valence electrons. The van der Waals surface area contributed by atoms with Gasteiger partial charge in [0.1, 0.15) is 12.3 Å². The van der Waals surface area contributed by atoms with E-state index in [1.165, 1.54) is 0 Å². The number of amides is 2. The quantitative estimate of drug-likeness (QED) is 0.713. The SMILES string of the molecule is Cc1ccccc1OC(C)C(=O)N1CCN(CC(=O)NCC(=O)O)CC1. The number of carboxylic acids is 1. The predicted molar refractivity (Wildman–Crippen MR) is 94.9 cm³/mol. The normalized spacial score (nSPS) is 16.0. The summed E-state index contributed by atoms with van der Waals surface area (Å²) in [5.74, 6) is -0.787. The van der Waals surface area contributed by atoms with E-state index in [0.717, 1.165) is 5.56 Å². The zero-order valence-corrected chi connectivity index (χ0v) is 15.1.